The Balaban J connectivity index is 1.62. The number of hydrogen-bond donors (Lipinski definition) is 0. The third kappa shape index (κ3) is 3.39. The average Bonchev–Trinajstić information content (AvgIpc) is 2.54. The maximum atomic E-state index is 11.7. The molecule has 0 heterocycles. The molecule has 0 aliphatic heterocycles. The van der Waals surface area contributed by atoms with Crippen molar-refractivity contribution in [2.45, 2.75) is 6.42 Å². The van der Waals surface area contributed by atoms with Gasteiger partial charge in [0.05, 0.1) is 6.42 Å². The summed E-state index contributed by atoms with van der Waals surface area (Å²) in [6.07, 6.45) is 0.189. The molecule has 0 unspecified atom stereocenters. The van der Waals surface area contributed by atoms with Gasteiger partial charge in [0, 0.05) is 0 Å². The number of benzene rings is 3. The van der Waals surface area contributed by atoms with Gasteiger partial charge in [0.1, 0.15) is 0 Å². The van der Waals surface area contributed by atoms with Crippen LogP contribution in [0.4, 0.5) is 0 Å². The fourth-order valence-electron chi connectivity index (χ4n) is 2.11. The van der Waals surface area contributed by atoms with Crippen molar-refractivity contribution >= 4 is 16.7 Å². The molecule has 0 amide bonds. The molecule has 0 aliphatic carbocycles. The summed E-state index contributed by atoms with van der Waals surface area (Å²) in [5.41, 5.74) is 0.893. The molecule has 0 radical (unpaired) electrons. The first-order valence-electron chi connectivity index (χ1n) is 6.71. The second-order valence-electron chi connectivity index (χ2n) is 4.71. The van der Waals surface area contributed by atoms with Gasteiger partial charge >= 0.3 is 5.97 Å². The predicted octanol–water partition coefficient (Wildman–Crippen LogP) is 3.92. The summed E-state index contributed by atoms with van der Waals surface area (Å²) in [5.74, 6) is 0.0875. The van der Waals surface area contributed by atoms with Crippen LogP contribution < -0.4 is 4.89 Å². The molecule has 0 bridgehead atoms. The Hall–Kier alpha value is -2.81. The van der Waals surface area contributed by atoms with Gasteiger partial charge in [0.25, 0.3) is 0 Å². The van der Waals surface area contributed by atoms with Crippen LogP contribution in [0.25, 0.3) is 10.8 Å². The molecule has 3 rings (SSSR count). The van der Waals surface area contributed by atoms with Gasteiger partial charge in [-0.1, -0.05) is 60.7 Å². The lowest BCUT2D eigenvalue weighted by molar-refractivity contribution is -0.212. The number of rotatable bonds is 4. The molecule has 0 atom stereocenters. The molecule has 3 heteroatoms. The van der Waals surface area contributed by atoms with Gasteiger partial charge in [-0.2, -0.15) is 0 Å². The van der Waals surface area contributed by atoms with E-state index < -0.39 is 5.97 Å². The van der Waals surface area contributed by atoms with E-state index in [2.05, 4.69) is 0 Å². The fraction of sp³-hybridized carbons (Fsp3) is 0.0556. The Morgan fingerprint density at radius 1 is 0.810 bits per heavy atom. The standard InChI is InChI=1S/C18H14O3/c19-18(12-14-6-2-1-3-7-14)21-20-17-11-10-15-8-4-5-9-16(15)13-17/h1-11,13H,12H2. The third-order valence-corrected chi connectivity index (χ3v) is 3.14. The molecule has 0 N–H and O–H groups in total. The van der Waals surface area contributed by atoms with Crippen molar-refractivity contribution in [2.75, 3.05) is 0 Å². The minimum Gasteiger partial charge on any atom is -0.287 e. The molecule has 3 nitrogen and oxygen atoms in total. The summed E-state index contributed by atoms with van der Waals surface area (Å²) in [4.78, 5) is 21.6. The summed E-state index contributed by atoms with van der Waals surface area (Å²) < 4.78 is 0. The highest BCUT2D eigenvalue weighted by Gasteiger charge is 2.07. The smallest absolute Gasteiger partial charge is 0.287 e. The summed E-state index contributed by atoms with van der Waals surface area (Å²) in [7, 11) is 0. The van der Waals surface area contributed by atoms with Crippen molar-refractivity contribution < 1.29 is 14.6 Å². The second kappa shape index (κ2) is 6.09. The zero-order valence-electron chi connectivity index (χ0n) is 11.4. The quantitative estimate of drug-likeness (QED) is 0.536. The Kier molecular flexibility index (Phi) is 3.83. The van der Waals surface area contributed by atoms with Gasteiger partial charge in [-0.15, -0.1) is 0 Å². The topological polar surface area (TPSA) is 35.5 Å². The number of fused-ring (bicyclic) bond motifs is 1. The van der Waals surface area contributed by atoms with Gasteiger partial charge in [-0.3, -0.25) is 9.78 Å². The average molecular weight is 278 g/mol. The van der Waals surface area contributed by atoms with E-state index >= 15 is 0 Å². The molecule has 3 aromatic rings. The third-order valence-electron chi connectivity index (χ3n) is 3.14. The lowest BCUT2D eigenvalue weighted by atomic mass is 10.1. The van der Waals surface area contributed by atoms with Crippen molar-refractivity contribution in [3.05, 3.63) is 78.4 Å². The number of carbonyl (C=O) groups excluding carboxylic acids is 1. The van der Waals surface area contributed by atoms with Crippen LogP contribution >= 0.6 is 0 Å². The van der Waals surface area contributed by atoms with Gasteiger partial charge in [-0.05, 0) is 28.5 Å². The van der Waals surface area contributed by atoms with Crippen LogP contribution in [-0.4, -0.2) is 5.97 Å². The van der Waals surface area contributed by atoms with Crippen LogP contribution in [0.1, 0.15) is 5.56 Å². The molecule has 0 saturated heterocycles. The molecule has 0 aliphatic rings. The van der Waals surface area contributed by atoms with Crippen molar-refractivity contribution in [1.82, 2.24) is 0 Å². The Labute approximate surface area is 122 Å². The van der Waals surface area contributed by atoms with Crippen molar-refractivity contribution in [3.8, 4) is 5.75 Å². The van der Waals surface area contributed by atoms with Gasteiger partial charge in [-0.25, -0.2) is 4.79 Å². The summed E-state index contributed by atoms with van der Waals surface area (Å²) in [6.45, 7) is 0. The Morgan fingerprint density at radius 2 is 1.52 bits per heavy atom. The van der Waals surface area contributed by atoms with E-state index in [1.165, 1.54) is 0 Å². The lowest BCUT2D eigenvalue weighted by Crippen LogP contribution is -2.10. The van der Waals surface area contributed by atoms with Crippen LogP contribution in [0.5, 0.6) is 5.75 Å². The first kappa shape index (κ1) is 13.2. The fourth-order valence-corrected chi connectivity index (χ4v) is 2.11. The molecule has 0 aromatic heterocycles. The summed E-state index contributed by atoms with van der Waals surface area (Å²) in [5, 5.41) is 2.15. The monoisotopic (exact) mass is 278 g/mol. The normalized spacial score (nSPS) is 10.3. The van der Waals surface area contributed by atoms with E-state index in [1.54, 1.807) is 6.07 Å². The Morgan fingerprint density at radius 3 is 2.33 bits per heavy atom. The first-order valence-corrected chi connectivity index (χ1v) is 6.71. The Bertz CT molecular complexity index is 751. The van der Waals surface area contributed by atoms with Crippen molar-refractivity contribution in [1.29, 1.82) is 0 Å². The summed E-state index contributed by atoms with van der Waals surface area (Å²) in [6, 6.07) is 22.9. The van der Waals surface area contributed by atoms with E-state index in [4.69, 9.17) is 9.78 Å². The van der Waals surface area contributed by atoms with Crippen LogP contribution in [0.2, 0.25) is 0 Å². The van der Waals surface area contributed by atoms with E-state index in [-0.39, 0.29) is 6.42 Å². The van der Waals surface area contributed by atoms with E-state index in [0.29, 0.717) is 5.75 Å². The van der Waals surface area contributed by atoms with Crippen LogP contribution in [0, 0.1) is 0 Å². The molecule has 0 saturated carbocycles. The highest BCUT2D eigenvalue weighted by atomic mass is 17.2. The van der Waals surface area contributed by atoms with Gasteiger partial charge in [0.15, 0.2) is 5.75 Å². The van der Waals surface area contributed by atoms with Crippen molar-refractivity contribution in [3.63, 3.8) is 0 Å². The number of carbonyl (C=O) groups is 1. The molecule has 0 fully saturated rings. The molecule has 104 valence electrons. The van der Waals surface area contributed by atoms with E-state index in [1.807, 2.05) is 66.7 Å². The minimum absolute atomic E-state index is 0.189. The van der Waals surface area contributed by atoms with Crippen LogP contribution in [0.15, 0.2) is 72.8 Å². The largest absolute Gasteiger partial charge is 0.359 e. The molecule has 3 aromatic carbocycles. The summed E-state index contributed by atoms with van der Waals surface area (Å²) >= 11 is 0. The van der Waals surface area contributed by atoms with Crippen molar-refractivity contribution in [2.24, 2.45) is 0 Å². The second-order valence-corrected chi connectivity index (χ2v) is 4.71. The molecule has 0 spiro atoms. The molecular weight excluding hydrogens is 264 g/mol. The maximum Gasteiger partial charge on any atom is 0.359 e. The maximum absolute atomic E-state index is 11.7. The van der Waals surface area contributed by atoms with E-state index in [0.717, 1.165) is 16.3 Å². The minimum atomic E-state index is -0.422. The van der Waals surface area contributed by atoms with Crippen LogP contribution in [-0.2, 0) is 16.1 Å². The number of hydrogen-bond acceptors (Lipinski definition) is 3. The van der Waals surface area contributed by atoms with Crippen LogP contribution in [0.3, 0.4) is 0 Å². The highest BCUT2D eigenvalue weighted by Crippen LogP contribution is 2.20. The lowest BCUT2D eigenvalue weighted by Gasteiger charge is -2.05. The zero-order valence-corrected chi connectivity index (χ0v) is 11.4. The highest BCUT2D eigenvalue weighted by molar-refractivity contribution is 5.83. The van der Waals surface area contributed by atoms with Gasteiger partial charge < -0.3 is 0 Å². The van der Waals surface area contributed by atoms with E-state index in [9.17, 15) is 4.79 Å². The zero-order chi connectivity index (χ0) is 14.5. The predicted molar refractivity (Wildman–Crippen MR) is 80.8 cm³/mol. The molecule has 21 heavy (non-hydrogen) atoms. The SMILES string of the molecule is O=C(Cc1ccccc1)OOc1ccc2ccccc2c1. The molecular formula is C18H14O3. The first-order chi connectivity index (χ1) is 10.3. The van der Waals surface area contributed by atoms with Gasteiger partial charge in [0.2, 0.25) is 0 Å².